The SMILES string of the molecule is CC(C)C(NC(=O)OCc1ccccc1)C(=O)CC1CCCc2cc(n[nH]2)CCNC(=O)C1=O. The summed E-state index contributed by atoms with van der Waals surface area (Å²) in [7, 11) is 0. The number of nitrogens with one attached hydrogen (secondary N) is 3. The van der Waals surface area contributed by atoms with Crippen LogP contribution in [0.4, 0.5) is 4.79 Å². The minimum Gasteiger partial charge on any atom is -0.445 e. The molecule has 2 aromatic rings. The van der Waals surface area contributed by atoms with Crippen molar-refractivity contribution in [3.63, 3.8) is 0 Å². The second-order valence-corrected chi connectivity index (χ2v) is 8.94. The van der Waals surface area contributed by atoms with Gasteiger partial charge in [-0.25, -0.2) is 4.79 Å². The molecule has 1 aromatic carbocycles. The fraction of sp³-hybridized carbons (Fsp3) is 0.480. The lowest BCUT2D eigenvalue weighted by Crippen LogP contribution is -2.46. The van der Waals surface area contributed by atoms with Crippen molar-refractivity contribution in [1.29, 1.82) is 0 Å². The minimum atomic E-state index is -0.823. The molecule has 0 spiro atoms. The van der Waals surface area contributed by atoms with Crippen LogP contribution in [0.5, 0.6) is 0 Å². The molecule has 0 fully saturated rings. The molecular weight excluding hydrogens is 436 g/mol. The standard InChI is InChI=1S/C25H32N4O5/c1-16(2)22(27-25(33)34-15-17-7-4-3-5-8-17)21(30)13-18-9-6-10-19-14-20(29-28-19)11-12-26-24(32)23(18)31/h3-5,7-8,14,16,18,22H,6,9-13,15H2,1-2H3,(H,26,32)(H,27,33)(H,28,29). The number of nitrogens with zero attached hydrogens (tertiary/aromatic N) is 1. The van der Waals surface area contributed by atoms with E-state index < -0.39 is 29.7 Å². The van der Waals surface area contributed by atoms with E-state index in [0.29, 0.717) is 32.2 Å². The Kier molecular flexibility index (Phi) is 8.95. The Hall–Kier alpha value is -3.49. The Balaban J connectivity index is 1.62. The molecule has 0 saturated heterocycles. The summed E-state index contributed by atoms with van der Waals surface area (Å²) in [5, 5.41) is 12.4. The number of hydrogen-bond acceptors (Lipinski definition) is 6. The second kappa shape index (κ2) is 12.1. The smallest absolute Gasteiger partial charge is 0.408 e. The number of hydrogen-bond donors (Lipinski definition) is 3. The minimum absolute atomic E-state index is 0.0856. The number of carbonyl (C=O) groups is 4. The molecule has 2 atom stereocenters. The van der Waals surface area contributed by atoms with E-state index in [4.69, 9.17) is 4.74 Å². The first-order valence-electron chi connectivity index (χ1n) is 11.7. The Morgan fingerprint density at radius 1 is 1.18 bits per heavy atom. The normalized spacial score (nSPS) is 17.8. The summed E-state index contributed by atoms with van der Waals surface area (Å²) in [5.41, 5.74) is 2.63. The largest absolute Gasteiger partial charge is 0.445 e. The number of alkyl carbamates (subject to hydrolysis) is 1. The summed E-state index contributed by atoms with van der Waals surface area (Å²) in [6.45, 7) is 4.00. The van der Waals surface area contributed by atoms with Gasteiger partial charge in [0.15, 0.2) is 5.78 Å². The van der Waals surface area contributed by atoms with Gasteiger partial charge in [-0.2, -0.15) is 5.10 Å². The first kappa shape index (κ1) is 25.1. The molecule has 1 aromatic heterocycles. The van der Waals surface area contributed by atoms with Gasteiger partial charge in [0.2, 0.25) is 5.78 Å². The van der Waals surface area contributed by atoms with Crippen molar-refractivity contribution < 1.29 is 23.9 Å². The molecule has 9 nitrogen and oxygen atoms in total. The lowest BCUT2D eigenvalue weighted by molar-refractivity contribution is -0.141. The van der Waals surface area contributed by atoms with Crippen LogP contribution in [0.15, 0.2) is 36.4 Å². The highest BCUT2D eigenvalue weighted by molar-refractivity contribution is 6.37. The first-order chi connectivity index (χ1) is 16.3. The van der Waals surface area contributed by atoms with Gasteiger partial charge >= 0.3 is 6.09 Å². The predicted octanol–water partition coefficient (Wildman–Crippen LogP) is 2.50. The monoisotopic (exact) mass is 468 g/mol. The molecule has 2 unspecified atom stereocenters. The summed E-state index contributed by atoms with van der Waals surface area (Å²) >= 11 is 0. The molecule has 3 rings (SSSR count). The predicted molar refractivity (Wildman–Crippen MR) is 125 cm³/mol. The molecule has 9 heteroatoms. The van der Waals surface area contributed by atoms with Gasteiger partial charge in [-0.15, -0.1) is 0 Å². The van der Waals surface area contributed by atoms with Crippen molar-refractivity contribution in [2.75, 3.05) is 6.54 Å². The fourth-order valence-electron chi connectivity index (χ4n) is 3.99. The zero-order valence-electron chi connectivity index (χ0n) is 19.6. The van der Waals surface area contributed by atoms with Crippen molar-refractivity contribution in [3.05, 3.63) is 53.3 Å². The van der Waals surface area contributed by atoms with Crippen LogP contribution < -0.4 is 10.6 Å². The number of Topliss-reactive ketones (excluding diaryl/α,β-unsaturated/α-hetero) is 2. The van der Waals surface area contributed by atoms with E-state index in [0.717, 1.165) is 17.0 Å². The number of benzene rings is 1. The maximum Gasteiger partial charge on any atom is 0.408 e. The summed E-state index contributed by atoms with van der Waals surface area (Å²) < 4.78 is 5.25. The van der Waals surface area contributed by atoms with E-state index in [1.807, 2.05) is 50.2 Å². The number of amides is 2. The molecule has 34 heavy (non-hydrogen) atoms. The topological polar surface area (TPSA) is 130 Å². The van der Waals surface area contributed by atoms with Gasteiger partial charge < -0.3 is 15.4 Å². The third-order valence-electron chi connectivity index (χ3n) is 5.89. The number of aromatic nitrogens is 2. The van der Waals surface area contributed by atoms with Crippen LogP contribution in [0.1, 0.15) is 50.1 Å². The quantitative estimate of drug-likeness (QED) is 0.535. The fourth-order valence-corrected chi connectivity index (χ4v) is 3.99. The highest BCUT2D eigenvalue weighted by Crippen LogP contribution is 2.19. The Labute approximate surface area is 199 Å². The van der Waals surface area contributed by atoms with Crippen LogP contribution >= 0.6 is 0 Å². The maximum atomic E-state index is 13.1. The number of H-pyrrole nitrogens is 1. The van der Waals surface area contributed by atoms with E-state index in [2.05, 4.69) is 20.8 Å². The molecule has 1 aliphatic rings. The van der Waals surface area contributed by atoms with Crippen molar-refractivity contribution in [2.24, 2.45) is 11.8 Å². The summed E-state index contributed by atoms with van der Waals surface area (Å²) in [5.74, 6) is -2.55. The van der Waals surface area contributed by atoms with Crippen molar-refractivity contribution in [2.45, 2.75) is 58.6 Å². The van der Waals surface area contributed by atoms with Gasteiger partial charge in [0, 0.05) is 31.0 Å². The molecule has 0 aliphatic carbocycles. The van der Waals surface area contributed by atoms with Crippen molar-refractivity contribution in [1.82, 2.24) is 20.8 Å². The summed E-state index contributed by atoms with van der Waals surface area (Å²) in [6.07, 6.45) is 1.37. The zero-order chi connectivity index (χ0) is 24.5. The van der Waals surface area contributed by atoms with Crippen LogP contribution in [0.2, 0.25) is 0 Å². The van der Waals surface area contributed by atoms with Gasteiger partial charge in [-0.3, -0.25) is 19.5 Å². The maximum absolute atomic E-state index is 13.1. The van der Waals surface area contributed by atoms with E-state index in [1.165, 1.54) is 0 Å². The number of fused-ring (bicyclic) bond motifs is 2. The van der Waals surface area contributed by atoms with Gasteiger partial charge in [0.25, 0.3) is 5.91 Å². The Bertz CT molecular complexity index is 1000. The highest BCUT2D eigenvalue weighted by Gasteiger charge is 2.32. The second-order valence-electron chi connectivity index (χ2n) is 8.94. The molecular formula is C25H32N4O5. The highest BCUT2D eigenvalue weighted by atomic mass is 16.5. The van der Waals surface area contributed by atoms with Crippen molar-refractivity contribution >= 4 is 23.6 Å². The average molecular weight is 469 g/mol. The molecule has 2 bridgehead atoms. The van der Waals surface area contributed by atoms with Crippen molar-refractivity contribution in [3.8, 4) is 0 Å². The van der Waals surface area contributed by atoms with Crippen LogP contribution in [-0.2, 0) is 38.6 Å². The van der Waals surface area contributed by atoms with E-state index in [-0.39, 0.29) is 24.7 Å². The number of aryl methyl sites for hydroxylation is 1. The third-order valence-corrected chi connectivity index (χ3v) is 5.89. The molecule has 2 amide bonds. The molecule has 2 heterocycles. The molecule has 1 aliphatic heterocycles. The lowest BCUT2D eigenvalue weighted by Gasteiger charge is -2.23. The number of ketones is 2. The average Bonchev–Trinajstić information content (AvgIpc) is 3.27. The number of carbonyl (C=O) groups excluding carboxylic acids is 4. The Morgan fingerprint density at radius 2 is 1.94 bits per heavy atom. The number of rotatable bonds is 7. The van der Waals surface area contributed by atoms with E-state index >= 15 is 0 Å². The van der Waals surface area contributed by atoms with Gasteiger partial charge in [0.05, 0.1) is 11.7 Å². The molecule has 3 N–H and O–H groups in total. The van der Waals surface area contributed by atoms with Gasteiger partial charge in [-0.05, 0) is 36.8 Å². The lowest BCUT2D eigenvalue weighted by atomic mass is 9.87. The van der Waals surface area contributed by atoms with Gasteiger partial charge in [0.1, 0.15) is 6.61 Å². The third kappa shape index (κ3) is 7.26. The van der Waals surface area contributed by atoms with E-state index in [9.17, 15) is 19.2 Å². The Morgan fingerprint density at radius 3 is 2.68 bits per heavy atom. The number of aromatic amines is 1. The zero-order valence-corrected chi connectivity index (χ0v) is 19.6. The molecule has 0 radical (unpaired) electrons. The van der Waals surface area contributed by atoms with Crippen LogP contribution in [0, 0.1) is 11.8 Å². The summed E-state index contributed by atoms with van der Waals surface area (Å²) in [6, 6.07) is 10.4. The van der Waals surface area contributed by atoms with E-state index in [1.54, 1.807) is 0 Å². The van der Waals surface area contributed by atoms with Gasteiger partial charge in [-0.1, -0.05) is 44.2 Å². The molecule has 0 saturated carbocycles. The number of ether oxygens (including phenoxy) is 1. The van der Waals surface area contributed by atoms with Crippen LogP contribution in [-0.4, -0.2) is 46.4 Å². The van der Waals surface area contributed by atoms with Crippen LogP contribution in [0.25, 0.3) is 0 Å². The van der Waals surface area contributed by atoms with Crippen LogP contribution in [0.3, 0.4) is 0 Å². The first-order valence-corrected chi connectivity index (χ1v) is 11.7. The molecule has 182 valence electrons. The summed E-state index contributed by atoms with van der Waals surface area (Å²) in [4.78, 5) is 50.7.